The number of hydrogen-bond donors (Lipinski definition) is 1. The van der Waals surface area contributed by atoms with E-state index in [0.29, 0.717) is 23.2 Å². The van der Waals surface area contributed by atoms with Gasteiger partial charge in [-0.15, -0.1) is 10.1 Å². The number of aryl methyl sites for hydroxylation is 2. The standard InChI is InChI=1S/C9H9NO4.C9H10O2.HNO3/c1-6-3-8(10(12)13)7(5-11)4-9(6)14-2;1-7-3-4-8(6-10)5-9(7)11-2;2-1(3)4/h3-5H,1-2H3;3-6H,1-2H3;(H,2,3,4). The van der Waals surface area contributed by atoms with Crippen LogP contribution in [0.2, 0.25) is 0 Å². The molecule has 0 aliphatic carbocycles. The molecule has 0 amide bonds. The number of hydrogen-bond acceptors (Lipinski definition) is 8. The number of nitro groups is 1. The first-order valence-corrected chi connectivity index (χ1v) is 7.82. The largest absolute Gasteiger partial charge is 0.496 e. The van der Waals surface area contributed by atoms with Gasteiger partial charge in [-0.2, -0.15) is 0 Å². The van der Waals surface area contributed by atoms with Gasteiger partial charge in [-0.25, -0.2) is 0 Å². The fourth-order valence-corrected chi connectivity index (χ4v) is 2.07. The summed E-state index contributed by atoms with van der Waals surface area (Å²) in [5, 5.41) is 24.2. The summed E-state index contributed by atoms with van der Waals surface area (Å²) in [6.07, 6.45) is 1.25. The highest BCUT2D eigenvalue weighted by Gasteiger charge is 2.16. The van der Waals surface area contributed by atoms with E-state index < -0.39 is 10.0 Å². The van der Waals surface area contributed by atoms with Gasteiger partial charge in [-0.3, -0.25) is 19.7 Å². The normalized spacial score (nSPS) is 8.97. The van der Waals surface area contributed by atoms with Crippen molar-refractivity contribution in [1.29, 1.82) is 0 Å². The second kappa shape index (κ2) is 12.4. The molecule has 0 aliphatic rings. The third-order valence-corrected chi connectivity index (χ3v) is 3.44. The lowest BCUT2D eigenvalue weighted by molar-refractivity contribution is -0.742. The summed E-state index contributed by atoms with van der Waals surface area (Å²) in [6.45, 7) is 3.62. The molecule has 2 rings (SSSR count). The van der Waals surface area contributed by atoms with Crippen molar-refractivity contribution in [2.24, 2.45) is 0 Å². The molecule has 0 unspecified atom stereocenters. The van der Waals surface area contributed by atoms with Gasteiger partial charge in [-0.05, 0) is 37.1 Å². The van der Waals surface area contributed by atoms with Crippen LogP contribution >= 0.6 is 0 Å². The van der Waals surface area contributed by atoms with Crippen LogP contribution in [0, 0.1) is 34.1 Å². The van der Waals surface area contributed by atoms with Crippen molar-refractivity contribution in [2.45, 2.75) is 13.8 Å². The lowest BCUT2D eigenvalue weighted by Gasteiger charge is -2.04. The van der Waals surface area contributed by atoms with E-state index in [0.717, 1.165) is 17.6 Å². The maximum absolute atomic E-state index is 10.6. The number of nitro benzene ring substituents is 1. The van der Waals surface area contributed by atoms with Crippen molar-refractivity contribution in [2.75, 3.05) is 14.2 Å². The summed E-state index contributed by atoms with van der Waals surface area (Å²) < 4.78 is 9.97. The lowest BCUT2D eigenvalue weighted by atomic mass is 10.1. The van der Waals surface area contributed by atoms with Crippen molar-refractivity contribution in [1.82, 2.24) is 0 Å². The Bertz CT molecular complexity index is 878. The smallest absolute Gasteiger partial charge is 0.291 e. The Hall–Kier alpha value is -4.02. The van der Waals surface area contributed by atoms with Crippen LogP contribution in [0.25, 0.3) is 0 Å². The third kappa shape index (κ3) is 8.47. The molecule has 0 aliphatic heterocycles. The molecule has 0 saturated carbocycles. The molecule has 11 heteroatoms. The Kier molecular flexibility index (Phi) is 10.7. The van der Waals surface area contributed by atoms with Crippen molar-refractivity contribution in [3.8, 4) is 11.5 Å². The van der Waals surface area contributed by atoms with Gasteiger partial charge in [-0.1, -0.05) is 12.1 Å². The molecule has 0 heterocycles. The van der Waals surface area contributed by atoms with E-state index >= 15 is 0 Å². The lowest BCUT2D eigenvalue weighted by Crippen LogP contribution is -1.97. The minimum atomic E-state index is -1.50. The molecule has 0 spiro atoms. The second-order valence-corrected chi connectivity index (χ2v) is 5.34. The van der Waals surface area contributed by atoms with E-state index in [2.05, 4.69) is 0 Å². The molecule has 0 atom stereocenters. The maximum Gasteiger partial charge on any atom is 0.291 e. The zero-order valence-corrected chi connectivity index (χ0v) is 16.1. The highest BCUT2D eigenvalue weighted by atomic mass is 16.9. The van der Waals surface area contributed by atoms with Crippen LogP contribution in [0.3, 0.4) is 0 Å². The molecule has 2 aromatic carbocycles. The third-order valence-electron chi connectivity index (χ3n) is 3.44. The van der Waals surface area contributed by atoms with E-state index in [-0.39, 0.29) is 11.3 Å². The van der Waals surface area contributed by atoms with Gasteiger partial charge >= 0.3 is 0 Å². The van der Waals surface area contributed by atoms with Crippen molar-refractivity contribution in [3.05, 3.63) is 72.8 Å². The summed E-state index contributed by atoms with van der Waals surface area (Å²) in [7, 11) is 3.04. The molecule has 156 valence electrons. The Morgan fingerprint density at radius 1 is 0.897 bits per heavy atom. The molecule has 0 fully saturated rings. The van der Waals surface area contributed by atoms with Crippen molar-refractivity contribution in [3.63, 3.8) is 0 Å². The Morgan fingerprint density at radius 3 is 1.83 bits per heavy atom. The first kappa shape index (κ1) is 25.0. The summed E-state index contributed by atoms with van der Waals surface area (Å²) >= 11 is 0. The highest BCUT2D eigenvalue weighted by Crippen LogP contribution is 2.26. The zero-order chi connectivity index (χ0) is 22.6. The van der Waals surface area contributed by atoms with Gasteiger partial charge < -0.3 is 14.7 Å². The molecular formula is C18H20N2O9. The number of carbonyl (C=O) groups excluding carboxylic acids is 2. The number of ether oxygens (including phenoxy) is 2. The van der Waals surface area contributed by atoms with E-state index in [9.17, 15) is 19.7 Å². The van der Waals surface area contributed by atoms with Gasteiger partial charge in [0, 0.05) is 11.6 Å². The quantitative estimate of drug-likeness (QED) is 0.445. The van der Waals surface area contributed by atoms with Crippen LogP contribution < -0.4 is 9.47 Å². The van der Waals surface area contributed by atoms with E-state index in [4.69, 9.17) is 24.8 Å². The Morgan fingerprint density at radius 2 is 1.41 bits per heavy atom. The number of nitrogens with zero attached hydrogens (tertiary/aromatic N) is 2. The number of aldehydes is 2. The molecule has 11 nitrogen and oxygen atoms in total. The summed E-state index contributed by atoms with van der Waals surface area (Å²) in [5.74, 6) is 1.23. The summed E-state index contributed by atoms with van der Waals surface area (Å²) in [5.41, 5.74) is 2.14. The monoisotopic (exact) mass is 408 g/mol. The minimum Gasteiger partial charge on any atom is -0.496 e. The molecular weight excluding hydrogens is 388 g/mol. The SMILES string of the molecule is COc1cc(C=O)c([N+](=O)[O-])cc1C.COc1cc(C=O)ccc1C.O=[N+]([O-])O. The predicted octanol–water partition coefficient (Wildman–Crippen LogP) is 3.19. The summed E-state index contributed by atoms with van der Waals surface area (Å²) in [6, 6.07) is 8.04. The molecule has 0 saturated heterocycles. The number of rotatable bonds is 5. The highest BCUT2D eigenvalue weighted by molar-refractivity contribution is 5.82. The fraction of sp³-hybridized carbons (Fsp3) is 0.222. The van der Waals surface area contributed by atoms with Gasteiger partial charge in [0.25, 0.3) is 10.8 Å². The van der Waals surface area contributed by atoms with Gasteiger partial charge in [0.1, 0.15) is 17.8 Å². The average molecular weight is 408 g/mol. The topological polar surface area (TPSA) is 159 Å². The van der Waals surface area contributed by atoms with E-state index in [1.54, 1.807) is 26.2 Å². The number of methoxy groups -OCH3 is 2. The first-order valence-electron chi connectivity index (χ1n) is 7.82. The van der Waals surface area contributed by atoms with Crippen LogP contribution in [0.4, 0.5) is 5.69 Å². The van der Waals surface area contributed by atoms with Crippen molar-refractivity contribution >= 4 is 18.3 Å². The van der Waals surface area contributed by atoms with Crippen LogP contribution in [0.15, 0.2) is 30.3 Å². The molecule has 0 aromatic heterocycles. The fourth-order valence-electron chi connectivity index (χ4n) is 2.07. The molecule has 1 N–H and O–H groups in total. The number of carbonyl (C=O) groups is 2. The van der Waals surface area contributed by atoms with Crippen LogP contribution in [0.5, 0.6) is 11.5 Å². The van der Waals surface area contributed by atoms with Gasteiger partial charge in [0.2, 0.25) is 0 Å². The van der Waals surface area contributed by atoms with E-state index in [1.807, 2.05) is 13.0 Å². The maximum atomic E-state index is 10.6. The Balaban J connectivity index is 0.000000466. The number of benzene rings is 2. The molecule has 0 radical (unpaired) electrons. The Labute approximate surface area is 165 Å². The minimum absolute atomic E-state index is 0.0254. The molecule has 2 aromatic rings. The average Bonchev–Trinajstić information content (AvgIpc) is 2.68. The van der Waals surface area contributed by atoms with Gasteiger partial charge in [0.05, 0.1) is 24.7 Å². The first-order chi connectivity index (χ1) is 13.6. The van der Waals surface area contributed by atoms with Crippen LogP contribution in [-0.2, 0) is 0 Å². The predicted molar refractivity (Wildman–Crippen MR) is 102 cm³/mol. The van der Waals surface area contributed by atoms with E-state index in [1.165, 1.54) is 19.2 Å². The van der Waals surface area contributed by atoms with Crippen LogP contribution in [0.1, 0.15) is 31.8 Å². The van der Waals surface area contributed by atoms with Crippen molar-refractivity contribution < 1.29 is 34.3 Å². The van der Waals surface area contributed by atoms with Gasteiger partial charge in [0.15, 0.2) is 6.29 Å². The summed E-state index contributed by atoms with van der Waals surface area (Å²) in [4.78, 5) is 39.2. The van der Waals surface area contributed by atoms with Crippen LogP contribution in [-0.4, -0.2) is 42.0 Å². The second-order valence-electron chi connectivity index (χ2n) is 5.34. The molecule has 29 heavy (non-hydrogen) atoms. The molecule has 0 bridgehead atoms. The zero-order valence-electron chi connectivity index (χ0n) is 16.1.